The summed E-state index contributed by atoms with van der Waals surface area (Å²) in [7, 11) is 0. The molecule has 0 radical (unpaired) electrons. The monoisotopic (exact) mass is 273 g/mol. The molecular formula is C14H19N5O. The summed E-state index contributed by atoms with van der Waals surface area (Å²) >= 11 is 0. The number of aromatic nitrogens is 4. The first-order valence-corrected chi connectivity index (χ1v) is 6.97. The van der Waals surface area contributed by atoms with Gasteiger partial charge >= 0.3 is 0 Å². The van der Waals surface area contributed by atoms with E-state index in [2.05, 4.69) is 25.5 Å². The highest BCUT2D eigenvalue weighted by molar-refractivity contribution is 5.33. The molecule has 1 aliphatic rings. The zero-order valence-electron chi connectivity index (χ0n) is 11.5. The molecule has 0 aromatic carbocycles. The van der Waals surface area contributed by atoms with Crippen LogP contribution >= 0.6 is 0 Å². The third kappa shape index (κ3) is 2.96. The number of aryl methyl sites for hydroxylation is 1. The number of aromatic amines is 1. The minimum absolute atomic E-state index is 0.109. The summed E-state index contributed by atoms with van der Waals surface area (Å²) in [5.74, 6) is 2.08. The van der Waals surface area contributed by atoms with Gasteiger partial charge in [0.05, 0.1) is 12.3 Å². The van der Waals surface area contributed by atoms with Gasteiger partial charge in [-0.05, 0) is 25.8 Å². The lowest BCUT2D eigenvalue weighted by molar-refractivity contribution is -0.0238. The Bertz CT molecular complexity index is 542. The lowest BCUT2D eigenvalue weighted by atomic mass is 9.91. The summed E-state index contributed by atoms with van der Waals surface area (Å²) in [6.45, 7) is 3.55. The fourth-order valence-corrected chi connectivity index (χ4v) is 2.63. The van der Waals surface area contributed by atoms with Crippen molar-refractivity contribution in [2.24, 2.45) is 5.92 Å². The molecule has 1 aliphatic heterocycles. The van der Waals surface area contributed by atoms with Crippen LogP contribution in [0.5, 0.6) is 0 Å². The Kier molecular flexibility index (Phi) is 3.92. The molecule has 0 unspecified atom stereocenters. The Balaban J connectivity index is 1.65. The van der Waals surface area contributed by atoms with E-state index in [9.17, 15) is 0 Å². The Morgan fingerprint density at radius 3 is 3.25 bits per heavy atom. The van der Waals surface area contributed by atoms with Crippen molar-refractivity contribution in [2.75, 3.05) is 18.5 Å². The summed E-state index contributed by atoms with van der Waals surface area (Å²) in [4.78, 5) is 8.47. The largest absolute Gasteiger partial charge is 0.373 e. The van der Waals surface area contributed by atoms with Crippen molar-refractivity contribution in [3.05, 3.63) is 36.0 Å². The van der Waals surface area contributed by atoms with Gasteiger partial charge in [-0.3, -0.25) is 5.10 Å². The van der Waals surface area contributed by atoms with E-state index in [-0.39, 0.29) is 6.10 Å². The molecule has 1 saturated heterocycles. The van der Waals surface area contributed by atoms with Crippen LogP contribution in [0.25, 0.3) is 0 Å². The molecule has 2 N–H and O–H groups in total. The predicted octanol–water partition coefficient (Wildman–Crippen LogP) is 2.09. The molecule has 106 valence electrons. The molecule has 20 heavy (non-hydrogen) atoms. The molecule has 6 heteroatoms. The topological polar surface area (TPSA) is 75.7 Å². The molecule has 0 amide bonds. The number of nitrogens with zero attached hydrogens (tertiary/aromatic N) is 3. The molecule has 6 nitrogen and oxygen atoms in total. The standard InChI is InChI=1S/C14H19N5O/c1-10-15-5-4-13(19-10)16-7-11-3-2-6-20-14(11)12-8-17-18-9-12/h4-5,8-9,11,14H,2-3,6-7H2,1H3,(H,17,18)(H,15,16,19)/t11-,14+/m0/s1. The molecule has 0 aliphatic carbocycles. The van der Waals surface area contributed by atoms with Gasteiger partial charge in [-0.2, -0.15) is 5.10 Å². The first kappa shape index (κ1) is 13.1. The van der Waals surface area contributed by atoms with Gasteiger partial charge in [-0.1, -0.05) is 0 Å². The molecule has 3 rings (SSSR count). The van der Waals surface area contributed by atoms with Crippen molar-refractivity contribution in [2.45, 2.75) is 25.9 Å². The SMILES string of the molecule is Cc1nccc(NC[C@@H]2CCCO[C@H]2c2cn[nH]c2)n1. The van der Waals surface area contributed by atoms with E-state index >= 15 is 0 Å². The van der Waals surface area contributed by atoms with E-state index in [1.165, 1.54) is 0 Å². The summed E-state index contributed by atoms with van der Waals surface area (Å²) in [5.41, 5.74) is 1.12. The summed E-state index contributed by atoms with van der Waals surface area (Å²) in [5, 5.41) is 10.3. The van der Waals surface area contributed by atoms with Gasteiger partial charge in [0.15, 0.2) is 0 Å². The van der Waals surface area contributed by atoms with Crippen LogP contribution in [-0.4, -0.2) is 33.3 Å². The maximum Gasteiger partial charge on any atom is 0.129 e. The Labute approximate surface area is 118 Å². The quantitative estimate of drug-likeness (QED) is 0.892. The van der Waals surface area contributed by atoms with Gasteiger partial charge in [0.1, 0.15) is 11.6 Å². The van der Waals surface area contributed by atoms with Crippen molar-refractivity contribution in [3.63, 3.8) is 0 Å². The molecule has 3 heterocycles. The average Bonchev–Trinajstić information content (AvgIpc) is 3.00. The molecule has 0 saturated carbocycles. The predicted molar refractivity (Wildman–Crippen MR) is 75.3 cm³/mol. The minimum atomic E-state index is 0.109. The number of rotatable bonds is 4. The zero-order chi connectivity index (χ0) is 13.8. The lowest BCUT2D eigenvalue weighted by Gasteiger charge is -2.31. The van der Waals surface area contributed by atoms with Gasteiger partial charge in [0.2, 0.25) is 0 Å². The number of ether oxygens (including phenoxy) is 1. The zero-order valence-corrected chi connectivity index (χ0v) is 11.5. The second-order valence-corrected chi connectivity index (χ2v) is 5.10. The minimum Gasteiger partial charge on any atom is -0.373 e. The van der Waals surface area contributed by atoms with Crippen LogP contribution in [0.15, 0.2) is 24.7 Å². The van der Waals surface area contributed by atoms with Crippen molar-refractivity contribution >= 4 is 5.82 Å². The van der Waals surface area contributed by atoms with Gasteiger partial charge in [0.25, 0.3) is 0 Å². The van der Waals surface area contributed by atoms with Crippen LogP contribution in [-0.2, 0) is 4.74 Å². The van der Waals surface area contributed by atoms with Crippen LogP contribution in [0, 0.1) is 12.8 Å². The first-order chi connectivity index (χ1) is 9.83. The van der Waals surface area contributed by atoms with E-state index in [4.69, 9.17) is 4.74 Å². The van der Waals surface area contributed by atoms with E-state index < -0.39 is 0 Å². The summed E-state index contributed by atoms with van der Waals surface area (Å²) < 4.78 is 5.91. The number of hydrogen-bond donors (Lipinski definition) is 2. The van der Waals surface area contributed by atoms with Crippen LogP contribution in [0.4, 0.5) is 5.82 Å². The maximum absolute atomic E-state index is 5.91. The van der Waals surface area contributed by atoms with E-state index in [0.717, 1.165) is 43.2 Å². The van der Waals surface area contributed by atoms with E-state index in [1.54, 1.807) is 6.20 Å². The second-order valence-electron chi connectivity index (χ2n) is 5.10. The number of H-pyrrole nitrogens is 1. The number of nitrogens with one attached hydrogen (secondary N) is 2. The average molecular weight is 273 g/mol. The third-order valence-corrected chi connectivity index (χ3v) is 3.61. The second kappa shape index (κ2) is 6.00. The van der Waals surface area contributed by atoms with Crippen molar-refractivity contribution in [3.8, 4) is 0 Å². The highest BCUT2D eigenvalue weighted by Gasteiger charge is 2.28. The van der Waals surface area contributed by atoms with E-state index in [1.807, 2.05) is 25.4 Å². The summed E-state index contributed by atoms with van der Waals surface area (Å²) in [6.07, 6.45) is 7.89. The van der Waals surface area contributed by atoms with Gasteiger partial charge < -0.3 is 10.1 Å². The lowest BCUT2D eigenvalue weighted by Crippen LogP contribution is -2.28. The molecule has 0 spiro atoms. The van der Waals surface area contributed by atoms with Gasteiger partial charge in [-0.15, -0.1) is 0 Å². The Morgan fingerprint density at radius 2 is 2.45 bits per heavy atom. The van der Waals surface area contributed by atoms with Gasteiger partial charge in [0, 0.05) is 37.0 Å². The van der Waals surface area contributed by atoms with Crippen LogP contribution in [0.3, 0.4) is 0 Å². The fraction of sp³-hybridized carbons (Fsp3) is 0.500. The maximum atomic E-state index is 5.91. The normalized spacial score (nSPS) is 22.6. The molecule has 2 atom stereocenters. The van der Waals surface area contributed by atoms with Crippen molar-refractivity contribution in [1.29, 1.82) is 0 Å². The Morgan fingerprint density at radius 1 is 1.50 bits per heavy atom. The van der Waals surface area contributed by atoms with Gasteiger partial charge in [-0.25, -0.2) is 9.97 Å². The molecule has 2 aromatic rings. The molecule has 2 aromatic heterocycles. The smallest absolute Gasteiger partial charge is 0.129 e. The molecule has 1 fully saturated rings. The summed E-state index contributed by atoms with van der Waals surface area (Å²) in [6, 6.07) is 1.89. The number of anilines is 1. The Hall–Kier alpha value is -1.95. The molecular weight excluding hydrogens is 254 g/mol. The third-order valence-electron chi connectivity index (χ3n) is 3.61. The highest BCUT2D eigenvalue weighted by Crippen LogP contribution is 2.33. The molecule has 0 bridgehead atoms. The van der Waals surface area contributed by atoms with Crippen LogP contribution in [0.1, 0.15) is 30.3 Å². The number of hydrogen-bond acceptors (Lipinski definition) is 5. The highest BCUT2D eigenvalue weighted by atomic mass is 16.5. The van der Waals surface area contributed by atoms with Crippen molar-refractivity contribution in [1.82, 2.24) is 20.2 Å². The van der Waals surface area contributed by atoms with Crippen LogP contribution < -0.4 is 5.32 Å². The van der Waals surface area contributed by atoms with Crippen molar-refractivity contribution < 1.29 is 4.74 Å². The van der Waals surface area contributed by atoms with Crippen LogP contribution in [0.2, 0.25) is 0 Å². The van der Waals surface area contributed by atoms with E-state index in [0.29, 0.717) is 5.92 Å². The first-order valence-electron chi connectivity index (χ1n) is 6.97. The fourth-order valence-electron chi connectivity index (χ4n) is 2.63.